The van der Waals surface area contributed by atoms with E-state index in [1.807, 2.05) is 32.0 Å². The van der Waals surface area contributed by atoms with E-state index in [2.05, 4.69) is 21.5 Å². The number of carbonyl (C=O) groups excluding carboxylic acids is 1. The van der Waals surface area contributed by atoms with Gasteiger partial charge in [0.25, 0.3) is 0 Å². The predicted molar refractivity (Wildman–Crippen MR) is 87.5 cm³/mol. The summed E-state index contributed by atoms with van der Waals surface area (Å²) in [6, 6.07) is 9.37. The van der Waals surface area contributed by atoms with E-state index in [-0.39, 0.29) is 18.4 Å². The first-order valence-electron chi connectivity index (χ1n) is 7.22. The molecular weight excluding hydrogens is 314 g/mol. The van der Waals surface area contributed by atoms with E-state index in [0.717, 1.165) is 0 Å². The van der Waals surface area contributed by atoms with Gasteiger partial charge in [-0.25, -0.2) is 9.67 Å². The van der Waals surface area contributed by atoms with Crippen molar-refractivity contribution in [1.29, 1.82) is 5.26 Å². The lowest BCUT2D eigenvalue weighted by atomic mass is 9.90. The third-order valence-electron chi connectivity index (χ3n) is 3.81. The molecule has 0 radical (unpaired) electrons. The van der Waals surface area contributed by atoms with Crippen LogP contribution in [-0.4, -0.2) is 26.2 Å². The molecule has 0 aliphatic heterocycles. The quantitative estimate of drug-likeness (QED) is 0.912. The maximum atomic E-state index is 12.3. The van der Waals surface area contributed by atoms with E-state index in [1.165, 1.54) is 11.0 Å². The minimum atomic E-state index is -0.928. The summed E-state index contributed by atoms with van der Waals surface area (Å²) in [7, 11) is 0. The smallest absolute Gasteiger partial charge is 0.243 e. The van der Waals surface area contributed by atoms with E-state index < -0.39 is 5.54 Å². The van der Waals surface area contributed by atoms with Gasteiger partial charge in [-0.3, -0.25) is 4.79 Å². The molecular formula is C16H18ClN5O. The molecule has 1 unspecified atom stereocenters. The Morgan fingerprint density at radius 1 is 1.48 bits per heavy atom. The molecule has 23 heavy (non-hydrogen) atoms. The van der Waals surface area contributed by atoms with Gasteiger partial charge in [-0.2, -0.15) is 10.4 Å². The van der Waals surface area contributed by atoms with Gasteiger partial charge in [-0.15, -0.1) is 0 Å². The van der Waals surface area contributed by atoms with Gasteiger partial charge in [0.05, 0.1) is 11.1 Å². The molecule has 120 valence electrons. The number of rotatable bonds is 5. The topological polar surface area (TPSA) is 83.6 Å². The first-order valence-corrected chi connectivity index (χ1v) is 7.60. The van der Waals surface area contributed by atoms with Crippen LogP contribution in [0.3, 0.4) is 0 Å². The normalized spacial score (nSPS) is 13.4. The summed E-state index contributed by atoms with van der Waals surface area (Å²) in [6.45, 7) is 5.43. The Labute approximate surface area is 140 Å². The molecule has 2 rings (SSSR count). The molecule has 0 saturated carbocycles. The Bertz CT molecular complexity index is 749. The number of hydrogen-bond acceptors (Lipinski definition) is 4. The highest BCUT2D eigenvalue weighted by Crippen LogP contribution is 2.25. The molecule has 1 aromatic heterocycles. The molecule has 0 bridgehead atoms. The minimum absolute atomic E-state index is 0.0183. The fourth-order valence-electron chi connectivity index (χ4n) is 2.00. The van der Waals surface area contributed by atoms with Crippen LogP contribution in [0.15, 0.2) is 30.6 Å². The largest absolute Gasteiger partial charge is 0.336 e. The van der Waals surface area contributed by atoms with Crippen LogP contribution in [0.2, 0.25) is 5.02 Å². The lowest BCUT2D eigenvalue weighted by Crippen LogP contribution is -2.49. The van der Waals surface area contributed by atoms with Crippen molar-refractivity contribution in [1.82, 2.24) is 20.1 Å². The molecule has 1 heterocycles. The summed E-state index contributed by atoms with van der Waals surface area (Å²) in [5, 5.41) is 16.6. The number of benzene rings is 1. The van der Waals surface area contributed by atoms with Crippen LogP contribution in [0.1, 0.15) is 20.8 Å². The molecule has 0 aliphatic carbocycles. The summed E-state index contributed by atoms with van der Waals surface area (Å²) >= 11 is 6.17. The van der Waals surface area contributed by atoms with E-state index in [1.54, 1.807) is 13.0 Å². The van der Waals surface area contributed by atoms with Crippen molar-refractivity contribution >= 4 is 17.5 Å². The maximum absolute atomic E-state index is 12.3. The molecule has 0 aliphatic rings. The highest BCUT2D eigenvalue weighted by atomic mass is 35.5. The van der Waals surface area contributed by atoms with Crippen LogP contribution < -0.4 is 5.32 Å². The van der Waals surface area contributed by atoms with Gasteiger partial charge in [0.15, 0.2) is 5.82 Å². The van der Waals surface area contributed by atoms with Crippen LogP contribution in [0.4, 0.5) is 0 Å². The highest BCUT2D eigenvalue weighted by molar-refractivity contribution is 6.33. The summed E-state index contributed by atoms with van der Waals surface area (Å²) in [4.78, 5) is 16.4. The molecule has 1 N–H and O–H groups in total. The second-order valence-electron chi connectivity index (χ2n) is 5.74. The van der Waals surface area contributed by atoms with E-state index in [9.17, 15) is 10.1 Å². The van der Waals surface area contributed by atoms with Crippen LogP contribution in [0.5, 0.6) is 0 Å². The van der Waals surface area contributed by atoms with E-state index in [4.69, 9.17) is 11.6 Å². The molecule has 1 atom stereocenters. The zero-order valence-corrected chi connectivity index (χ0v) is 14.0. The fraction of sp³-hybridized carbons (Fsp3) is 0.375. The zero-order valence-electron chi connectivity index (χ0n) is 13.2. The van der Waals surface area contributed by atoms with Crippen LogP contribution in [-0.2, 0) is 11.3 Å². The number of carbonyl (C=O) groups is 1. The lowest BCUT2D eigenvalue weighted by molar-refractivity contribution is -0.123. The Kier molecular flexibility index (Phi) is 5.02. The van der Waals surface area contributed by atoms with Gasteiger partial charge < -0.3 is 5.32 Å². The van der Waals surface area contributed by atoms with Crippen LogP contribution in [0.25, 0.3) is 11.4 Å². The SMILES string of the molecule is CC(C)C(C)(C#N)NC(=O)Cn1ncnc1-c1ccccc1Cl. The Morgan fingerprint density at radius 2 is 2.17 bits per heavy atom. The molecule has 0 saturated heterocycles. The summed E-state index contributed by atoms with van der Waals surface area (Å²) in [5.74, 6) is 0.186. The summed E-state index contributed by atoms with van der Waals surface area (Å²) < 4.78 is 1.47. The predicted octanol–water partition coefficient (Wildman–Crippen LogP) is 2.65. The third kappa shape index (κ3) is 3.69. The van der Waals surface area contributed by atoms with Crippen molar-refractivity contribution in [3.63, 3.8) is 0 Å². The monoisotopic (exact) mass is 331 g/mol. The average Bonchev–Trinajstić information content (AvgIpc) is 2.95. The molecule has 7 heteroatoms. The highest BCUT2D eigenvalue weighted by Gasteiger charge is 2.30. The number of aromatic nitrogens is 3. The second-order valence-corrected chi connectivity index (χ2v) is 6.15. The number of halogens is 1. The van der Waals surface area contributed by atoms with Gasteiger partial charge >= 0.3 is 0 Å². The van der Waals surface area contributed by atoms with Gasteiger partial charge in [0, 0.05) is 5.56 Å². The van der Waals surface area contributed by atoms with Gasteiger partial charge in [0.2, 0.25) is 5.91 Å². The van der Waals surface area contributed by atoms with Crippen molar-refractivity contribution in [2.75, 3.05) is 0 Å². The number of nitrogens with zero attached hydrogens (tertiary/aromatic N) is 4. The van der Waals surface area contributed by atoms with E-state index >= 15 is 0 Å². The van der Waals surface area contributed by atoms with Gasteiger partial charge in [-0.05, 0) is 25.0 Å². The number of amides is 1. The molecule has 0 fully saturated rings. The maximum Gasteiger partial charge on any atom is 0.243 e. The Morgan fingerprint density at radius 3 is 2.78 bits per heavy atom. The van der Waals surface area contributed by atoms with Gasteiger partial charge in [-0.1, -0.05) is 37.6 Å². The van der Waals surface area contributed by atoms with Crippen molar-refractivity contribution in [3.05, 3.63) is 35.6 Å². The standard InChI is InChI=1S/C16H18ClN5O/c1-11(2)16(3,9-18)21-14(23)8-22-15(19-10-20-22)12-6-4-5-7-13(12)17/h4-7,10-11H,8H2,1-3H3,(H,21,23). The second kappa shape index (κ2) is 6.80. The molecule has 1 aromatic carbocycles. The van der Waals surface area contributed by atoms with E-state index in [0.29, 0.717) is 16.4 Å². The summed E-state index contributed by atoms with van der Waals surface area (Å²) in [5.41, 5.74) is -0.228. The van der Waals surface area contributed by atoms with Crippen molar-refractivity contribution in [2.45, 2.75) is 32.9 Å². The third-order valence-corrected chi connectivity index (χ3v) is 4.14. The van der Waals surface area contributed by atoms with Crippen LogP contribution >= 0.6 is 11.6 Å². The van der Waals surface area contributed by atoms with Gasteiger partial charge in [0.1, 0.15) is 18.4 Å². The number of hydrogen-bond donors (Lipinski definition) is 1. The molecule has 6 nitrogen and oxygen atoms in total. The van der Waals surface area contributed by atoms with Crippen molar-refractivity contribution < 1.29 is 4.79 Å². The molecule has 2 aromatic rings. The lowest BCUT2D eigenvalue weighted by Gasteiger charge is -2.27. The van der Waals surface area contributed by atoms with Crippen LogP contribution in [0, 0.1) is 17.2 Å². The van der Waals surface area contributed by atoms with Crippen molar-refractivity contribution in [3.8, 4) is 17.5 Å². The first kappa shape index (κ1) is 17.0. The first-order chi connectivity index (χ1) is 10.9. The fourth-order valence-corrected chi connectivity index (χ4v) is 2.22. The number of nitrogens with one attached hydrogen (secondary N) is 1. The minimum Gasteiger partial charge on any atom is -0.336 e. The Hall–Kier alpha value is -2.39. The molecule has 0 spiro atoms. The van der Waals surface area contributed by atoms with Crippen molar-refractivity contribution in [2.24, 2.45) is 5.92 Å². The number of nitriles is 1. The zero-order chi connectivity index (χ0) is 17.0. The molecule has 1 amide bonds. The Balaban J connectivity index is 2.20. The average molecular weight is 332 g/mol. The summed E-state index contributed by atoms with van der Waals surface area (Å²) in [6.07, 6.45) is 1.37.